The van der Waals surface area contributed by atoms with Crippen LogP contribution in [0.2, 0.25) is 0 Å². The lowest BCUT2D eigenvalue weighted by Gasteiger charge is -2.39. The molecule has 0 N–H and O–H groups in total. The Hall–Kier alpha value is 0. The molecule has 0 heterocycles. The van der Waals surface area contributed by atoms with E-state index in [9.17, 15) is 0 Å². The maximum atomic E-state index is 2.45. The van der Waals surface area contributed by atoms with Crippen molar-refractivity contribution in [2.24, 2.45) is 119 Å². The Morgan fingerprint density at radius 3 is 0.948 bits per heavy atom. The van der Waals surface area contributed by atoms with Crippen LogP contribution >= 0.6 is 0 Å². The van der Waals surface area contributed by atoms with Gasteiger partial charge in [0.05, 0.1) is 0 Å². The van der Waals surface area contributed by atoms with Crippen LogP contribution in [0.4, 0.5) is 0 Å². The molecule has 0 aromatic heterocycles. The third kappa shape index (κ3) is 25.4. The van der Waals surface area contributed by atoms with Crippen LogP contribution in [0, 0.1) is 119 Å². The highest BCUT2D eigenvalue weighted by molar-refractivity contribution is 4.95. The average Bonchev–Trinajstić information content (AvgIpc) is 4.16. The third-order valence-corrected chi connectivity index (χ3v) is 24.4. The highest BCUT2D eigenvalue weighted by Crippen LogP contribution is 2.55. The standard InChI is InChI=1S/2C12H24.3C11H22.2C10H20/c1-6-12(4,5)10-7-8-11(2,3)9-10;1-6-11(2,3)10-8-7-9-12(10,4)5;1-10(2,3)9-6-7-11(4,5)8-9;1-10(2,3)9-7-6-8-11(9,4)5;1-5-11(4)7-6-10(8-11)9(2)3;1-8(2)9-5-6-10(3,4)7-9;1-8(2)9-6-5-7-10(9,3)4/h2*10H,6-9H2,1-5H3;2*9H,6-8H2,1-5H3;9-10H,5-8H2,1-4H3;2*8-9H,5-7H2,1-4H3. The molecular formula is C77H154. The van der Waals surface area contributed by atoms with E-state index >= 15 is 0 Å². The number of hydrogen-bond acceptors (Lipinski definition) is 0. The summed E-state index contributed by atoms with van der Waals surface area (Å²) in [5, 5.41) is 0. The van der Waals surface area contributed by atoms with Crippen molar-refractivity contribution in [1.82, 2.24) is 0 Å². The predicted octanol–water partition coefficient (Wildman–Crippen LogP) is 27.0. The zero-order chi connectivity index (χ0) is 60.2. The first-order valence-corrected chi connectivity index (χ1v) is 34.5. The highest BCUT2D eigenvalue weighted by Gasteiger charge is 2.44. The van der Waals surface area contributed by atoms with Crippen molar-refractivity contribution in [3.05, 3.63) is 0 Å². The van der Waals surface area contributed by atoms with E-state index in [2.05, 4.69) is 222 Å². The summed E-state index contributed by atoms with van der Waals surface area (Å²) in [6.07, 6.45) is 34.4. The van der Waals surface area contributed by atoms with Gasteiger partial charge in [0.15, 0.2) is 0 Å². The Kier molecular flexibility index (Phi) is 28.9. The summed E-state index contributed by atoms with van der Waals surface area (Å²) in [6, 6.07) is 0. The van der Waals surface area contributed by atoms with E-state index in [1.54, 1.807) is 0 Å². The minimum atomic E-state index is 0.514. The van der Waals surface area contributed by atoms with Crippen LogP contribution in [0.1, 0.15) is 376 Å². The van der Waals surface area contributed by atoms with Gasteiger partial charge in [-0.25, -0.2) is 0 Å². The molecule has 8 unspecified atom stereocenters. The molecule has 7 aliphatic rings. The maximum absolute atomic E-state index is 2.45. The molecule has 0 aromatic carbocycles. The van der Waals surface area contributed by atoms with Gasteiger partial charge in [0.25, 0.3) is 0 Å². The molecule has 0 saturated heterocycles. The van der Waals surface area contributed by atoms with Gasteiger partial charge in [-0.2, -0.15) is 0 Å². The van der Waals surface area contributed by atoms with Gasteiger partial charge in [-0.1, -0.05) is 260 Å². The van der Waals surface area contributed by atoms with E-state index in [0.29, 0.717) is 59.6 Å². The van der Waals surface area contributed by atoms with Gasteiger partial charge in [-0.15, -0.1) is 0 Å². The van der Waals surface area contributed by atoms with Crippen molar-refractivity contribution in [3.8, 4) is 0 Å². The normalized spacial score (nSPS) is 31.6. The molecule has 0 aliphatic heterocycles. The van der Waals surface area contributed by atoms with Crippen molar-refractivity contribution in [2.75, 3.05) is 0 Å². The molecule has 0 bridgehead atoms. The fourth-order valence-corrected chi connectivity index (χ4v) is 17.4. The smallest absolute Gasteiger partial charge is 0.0311 e. The Bertz CT molecular complexity index is 1600. The van der Waals surface area contributed by atoms with Gasteiger partial charge >= 0.3 is 0 Å². The zero-order valence-corrected chi connectivity index (χ0v) is 60.2. The molecule has 7 aliphatic carbocycles. The van der Waals surface area contributed by atoms with Gasteiger partial charge in [-0.05, 0) is 234 Å². The second-order valence-electron chi connectivity index (χ2n) is 38.0. The van der Waals surface area contributed by atoms with Crippen LogP contribution < -0.4 is 0 Å². The molecule has 8 atom stereocenters. The molecule has 7 rings (SSSR count). The average molecular weight is 1080 g/mol. The summed E-state index contributed by atoms with van der Waals surface area (Å²) in [4.78, 5) is 0. The summed E-state index contributed by atoms with van der Waals surface area (Å²) in [7, 11) is 0. The Morgan fingerprint density at radius 1 is 0.351 bits per heavy atom. The van der Waals surface area contributed by atoms with Crippen LogP contribution in [-0.2, 0) is 0 Å². The molecule has 7 saturated carbocycles. The molecule has 462 valence electrons. The Balaban J connectivity index is 0.000000450. The summed E-state index contributed by atoms with van der Waals surface area (Å²) in [5.74, 6) is 9.49. The quantitative estimate of drug-likeness (QED) is 0.227. The first kappa shape index (κ1) is 75.0. The molecule has 0 radical (unpaired) electrons. The van der Waals surface area contributed by atoms with Crippen LogP contribution in [0.3, 0.4) is 0 Å². The van der Waals surface area contributed by atoms with E-state index in [0.717, 1.165) is 59.2 Å². The first-order chi connectivity index (χ1) is 34.5. The van der Waals surface area contributed by atoms with Crippen molar-refractivity contribution in [2.45, 2.75) is 376 Å². The number of rotatable bonds is 8. The van der Waals surface area contributed by atoms with E-state index in [1.165, 1.54) is 154 Å². The second kappa shape index (κ2) is 29.7. The monoisotopic (exact) mass is 1080 g/mol. The van der Waals surface area contributed by atoms with E-state index in [-0.39, 0.29) is 0 Å². The summed E-state index contributed by atoms with van der Waals surface area (Å²) in [6.45, 7) is 76.6. The lowest BCUT2D eigenvalue weighted by atomic mass is 9.66. The summed E-state index contributed by atoms with van der Waals surface area (Å²) in [5.41, 5.74) is 6.59. The Labute approximate surface area is 491 Å². The third-order valence-electron chi connectivity index (χ3n) is 24.4. The summed E-state index contributed by atoms with van der Waals surface area (Å²) < 4.78 is 0. The first-order valence-electron chi connectivity index (χ1n) is 34.5. The molecule has 7 fully saturated rings. The van der Waals surface area contributed by atoms with Gasteiger partial charge in [0, 0.05) is 0 Å². The topological polar surface area (TPSA) is 0 Å². The fourth-order valence-electron chi connectivity index (χ4n) is 17.4. The maximum Gasteiger partial charge on any atom is -0.0311 e. The predicted molar refractivity (Wildman–Crippen MR) is 354 cm³/mol. The van der Waals surface area contributed by atoms with Crippen LogP contribution in [0.5, 0.6) is 0 Å². The molecule has 0 spiro atoms. The van der Waals surface area contributed by atoms with Crippen LogP contribution in [-0.4, -0.2) is 0 Å². The van der Waals surface area contributed by atoms with Crippen LogP contribution in [0.15, 0.2) is 0 Å². The van der Waals surface area contributed by atoms with Gasteiger partial charge < -0.3 is 0 Å². The molecule has 0 heteroatoms. The van der Waals surface area contributed by atoms with E-state index in [1.807, 2.05) is 0 Å². The summed E-state index contributed by atoms with van der Waals surface area (Å²) >= 11 is 0. The molecule has 0 aromatic rings. The van der Waals surface area contributed by atoms with Gasteiger partial charge in [-0.3, -0.25) is 0 Å². The lowest BCUT2D eigenvalue weighted by molar-refractivity contribution is 0.0995. The second-order valence-corrected chi connectivity index (χ2v) is 38.0. The van der Waals surface area contributed by atoms with E-state index in [4.69, 9.17) is 0 Å². The van der Waals surface area contributed by atoms with E-state index < -0.39 is 0 Å². The molecule has 0 amide bonds. The minimum absolute atomic E-state index is 0.514. The van der Waals surface area contributed by atoms with Crippen molar-refractivity contribution < 1.29 is 0 Å². The van der Waals surface area contributed by atoms with Crippen molar-refractivity contribution in [3.63, 3.8) is 0 Å². The van der Waals surface area contributed by atoms with Crippen molar-refractivity contribution in [1.29, 1.82) is 0 Å². The fraction of sp³-hybridized carbons (Fsp3) is 1.00. The SMILES string of the molecule is CC(C)(C)C1CCCC1(C)C.CC(C)C1CCC(C)(C)C1.CC(C)C1CCCC1(C)C.CC1(C)CCC(C(C)(C)C)C1.CCC(C)(C)C1CCC(C)(C)C1.CCC(C)(C)C1CCCC1(C)C.CCC1(C)CCC(C(C)C)C1. The van der Waals surface area contributed by atoms with Crippen molar-refractivity contribution >= 4 is 0 Å². The minimum Gasteiger partial charge on any atom is -0.0649 e. The van der Waals surface area contributed by atoms with Crippen LogP contribution in [0.25, 0.3) is 0 Å². The number of hydrogen-bond donors (Lipinski definition) is 0. The molecular weight excluding hydrogens is 925 g/mol. The molecule has 0 nitrogen and oxygen atoms in total. The largest absolute Gasteiger partial charge is 0.0649 e. The zero-order valence-electron chi connectivity index (χ0n) is 60.2. The lowest BCUT2D eigenvalue weighted by Crippen LogP contribution is -2.31. The van der Waals surface area contributed by atoms with Gasteiger partial charge in [0.2, 0.25) is 0 Å². The molecule has 77 heavy (non-hydrogen) atoms. The van der Waals surface area contributed by atoms with Gasteiger partial charge in [0.1, 0.15) is 0 Å². The Morgan fingerprint density at radius 2 is 0.727 bits per heavy atom. The highest BCUT2D eigenvalue weighted by atomic mass is 14.5.